The number of aliphatic imine (C=N–C) groups is 1. The van der Waals surface area contributed by atoms with Gasteiger partial charge in [0.15, 0.2) is 5.96 Å². The summed E-state index contributed by atoms with van der Waals surface area (Å²) in [5.41, 5.74) is 1.75. The van der Waals surface area contributed by atoms with Crippen LogP contribution in [-0.4, -0.2) is 81.1 Å². The summed E-state index contributed by atoms with van der Waals surface area (Å²) >= 11 is 0. The van der Waals surface area contributed by atoms with Crippen molar-refractivity contribution in [3.63, 3.8) is 0 Å². The number of likely N-dealkylation sites (N-methyl/N-ethyl adjacent to an activating group) is 1. The van der Waals surface area contributed by atoms with Gasteiger partial charge in [-0.15, -0.1) is 0 Å². The van der Waals surface area contributed by atoms with Crippen molar-refractivity contribution in [2.75, 3.05) is 47.3 Å². The molecule has 2 rings (SSSR count). The number of piperidine rings is 1. The Hall–Kier alpha value is -2.12. The molecule has 29 heavy (non-hydrogen) atoms. The largest absolute Gasteiger partial charge is 0.354 e. The molecule has 0 unspecified atom stereocenters. The highest BCUT2D eigenvalue weighted by Gasteiger charge is 2.21. The van der Waals surface area contributed by atoms with Crippen LogP contribution in [0.2, 0.25) is 0 Å². The number of rotatable bonds is 8. The van der Waals surface area contributed by atoms with E-state index in [1.54, 1.807) is 7.05 Å². The van der Waals surface area contributed by atoms with Crippen molar-refractivity contribution in [3.05, 3.63) is 35.4 Å². The van der Waals surface area contributed by atoms with E-state index in [1.165, 1.54) is 0 Å². The highest BCUT2D eigenvalue weighted by Crippen LogP contribution is 2.13. The molecule has 7 heteroatoms. The molecule has 0 aliphatic carbocycles. The molecule has 0 spiro atoms. The second kappa shape index (κ2) is 11.8. The molecule has 1 aliphatic heterocycles. The first kappa shape index (κ1) is 23.2. The van der Waals surface area contributed by atoms with Crippen LogP contribution in [0.5, 0.6) is 0 Å². The first-order valence-electron chi connectivity index (χ1n) is 10.6. The summed E-state index contributed by atoms with van der Waals surface area (Å²) in [4.78, 5) is 21.2. The lowest BCUT2D eigenvalue weighted by Gasteiger charge is -2.35. The maximum atomic E-state index is 12.3. The van der Waals surface area contributed by atoms with Crippen molar-refractivity contribution in [2.24, 2.45) is 4.99 Å². The molecular formula is C22H38N6O. The molecule has 1 aliphatic rings. The van der Waals surface area contributed by atoms with Crippen molar-refractivity contribution in [3.8, 4) is 0 Å². The smallest absolute Gasteiger partial charge is 0.251 e. The Morgan fingerprint density at radius 2 is 1.97 bits per heavy atom. The third kappa shape index (κ3) is 8.03. The highest BCUT2D eigenvalue weighted by atomic mass is 16.1. The van der Waals surface area contributed by atoms with Crippen molar-refractivity contribution in [1.29, 1.82) is 0 Å². The lowest BCUT2D eigenvalue weighted by Crippen LogP contribution is -2.49. The van der Waals surface area contributed by atoms with Gasteiger partial charge in [0.1, 0.15) is 0 Å². The zero-order chi connectivity index (χ0) is 21.2. The zero-order valence-electron chi connectivity index (χ0n) is 18.7. The molecule has 162 valence electrons. The minimum atomic E-state index is -0.0341. The second-order valence-corrected chi connectivity index (χ2v) is 8.23. The highest BCUT2D eigenvalue weighted by molar-refractivity contribution is 5.94. The van der Waals surface area contributed by atoms with Gasteiger partial charge < -0.3 is 25.8 Å². The normalized spacial score (nSPS) is 16.3. The molecule has 1 aromatic carbocycles. The van der Waals surface area contributed by atoms with Crippen molar-refractivity contribution in [2.45, 2.75) is 45.3 Å². The zero-order valence-corrected chi connectivity index (χ0v) is 18.7. The Morgan fingerprint density at radius 1 is 1.24 bits per heavy atom. The Balaban J connectivity index is 1.81. The van der Waals surface area contributed by atoms with Gasteiger partial charge in [0.25, 0.3) is 5.91 Å². The maximum absolute atomic E-state index is 12.3. The molecule has 3 N–H and O–H groups in total. The van der Waals surface area contributed by atoms with E-state index in [0.717, 1.165) is 44.0 Å². The number of nitrogens with one attached hydrogen (secondary N) is 3. The average molecular weight is 403 g/mol. The molecule has 1 fully saturated rings. The fourth-order valence-corrected chi connectivity index (χ4v) is 3.45. The molecule has 0 atom stereocenters. The van der Waals surface area contributed by atoms with Crippen LogP contribution in [0.25, 0.3) is 0 Å². The van der Waals surface area contributed by atoms with Gasteiger partial charge in [-0.3, -0.25) is 9.79 Å². The van der Waals surface area contributed by atoms with E-state index in [1.807, 2.05) is 43.3 Å². The number of hydrogen-bond acceptors (Lipinski definition) is 4. The molecule has 0 radical (unpaired) electrons. The second-order valence-electron chi connectivity index (χ2n) is 8.23. The van der Waals surface area contributed by atoms with Gasteiger partial charge in [0.2, 0.25) is 0 Å². The summed E-state index contributed by atoms with van der Waals surface area (Å²) < 4.78 is 0. The number of nitrogens with zero attached hydrogens (tertiary/aromatic N) is 3. The van der Waals surface area contributed by atoms with Crippen LogP contribution in [0.4, 0.5) is 0 Å². The van der Waals surface area contributed by atoms with Crippen LogP contribution in [0.1, 0.15) is 42.6 Å². The fraction of sp³-hybridized carbons (Fsp3) is 0.636. The minimum absolute atomic E-state index is 0.0341. The predicted molar refractivity (Wildman–Crippen MR) is 120 cm³/mol. The molecule has 0 saturated carbocycles. The summed E-state index contributed by atoms with van der Waals surface area (Å²) in [5.74, 6) is 0.780. The average Bonchev–Trinajstić information content (AvgIpc) is 2.71. The fourth-order valence-electron chi connectivity index (χ4n) is 3.45. The molecule has 0 aromatic heterocycles. The van der Waals surface area contributed by atoms with E-state index in [9.17, 15) is 4.79 Å². The van der Waals surface area contributed by atoms with Crippen LogP contribution in [0.15, 0.2) is 29.3 Å². The van der Waals surface area contributed by atoms with Gasteiger partial charge in [-0.25, -0.2) is 0 Å². The summed E-state index contributed by atoms with van der Waals surface area (Å²) in [6.07, 6.45) is 2.25. The van der Waals surface area contributed by atoms with E-state index >= 15 is 0 Å². The SMILES string of the molecule is CN=C(NCc1cccc(C(=O)NCCN(C)C)c1)NC1CCN(C(C)C)CC1. The number of carbonyl (C=O) groups excluding carboxylic acids is 1. The molecule has 0 bridgehead atoms. The number of amides is 1. The van der Waals surface area contributed by atoms with Crippen LogP contribution in [-0.2, 0) is 6.54 Å². The first-order chi connectivity index (χ1) is 13.9. The number of benzene rings is 1. The van der Waals surface area contributed by atoms with Gasteiger partial charge in [-0.05, 0) is 58.5 Å². The third-order valence-corrected chi connectivity index (χ3v) is 5.32. The van der Waals surface area contributed by atoms with E-state index in [-0.39, 0.29) is 5.91 Å². The van der Waals surface area contributed by atoms with Crippen molar-refractivity contribution >= 4 is 11.9 Å². The lowest BCUT2D eigenvalue weighted by molar-refractivity contribution is 0.0951. The molecule has 1 amide bonds. The molecule has 7 nitrogen and oxygen atoms in total. The maximum Gasteiger partial charge on any atom is 0.251 e. The topological polar surface area (TPSA) is 72.0 Å². The van der Waals surface area contributed by atoms with Crippen LogP contribution < -0.4 is 16.0 Å². The number of likely N-dealkylation sites (tertiary alicyclic amines) is 1. The van der Waals surface area contributed by atoms with Crippen LogP contribution in [0.3, 0.4) is 0 Å². The van der Waals surface area contributed by atoms with Gasteiger partial charge >= 0.3 is 0 Å². The van der Waals surface area contributed by atoms with Crippen molar-refractivity contribution in [1.82, 2.24) is 25.8 Å². The van der Waals surface area contributed by atoms with Gasteiger partial charge in [0, 0.05) is 57.4 Å². The first-order valence-corrected chi connectivity index (χ1v) is 10.6. The third-order valence-electron chi connectivity index (χ3n) is 5.32. The molecule has 1 heterocycles. The van der Waals surface area contributed by atoms with Gasteiger partial charge in [-0.1, -0.05) is 12.1 Å². The summed E-state index contributed by atoms with van der Waals surface area (Å²) in [6, 6.07) is 8.80. The number of guanidine groups is 1. The molecule has 1 aromatic rings. The summed E-state index contributed by atoms with van der Waals surface area (Å²) in [7, 11) is 5.78. The van der Waals surface area contributed by atoms with E-state index in [2.05, 4.69) is 39.7 Å². The van der Waals surface area contributed by atoms with Crippen LogP contribution >= 0.6 is 0 Å². The Bertz CT molecular complexity index is 665. The van der Waals surface area contributed by atoms with E-state index in [4.69, 9.17) is 0 Å². The quantitative estimate of drug-likeness (QED) is 0.454. The Morgan fingerprint density at radius 3 is 2.59 bits per heavy atom. The molecule has 1 saturated heterocycles. The number of hydrogen-bond donors (Lipinski definition) is 3. The standard InChI is InChI=1S/C22H38N6O/c1-17(2)28-12-9-20(10-13-28)26-22(23-3)25-16-18-7-6-8-19(15-18)21(29)24-11-14-27(4)5/h6-8,15,17,20H,9-14,16H2,1-5H3,(H,24,29)(H2,23,25,26). The predicted octanol–water partition coefficient (Wildman–Crippen LogP) is 1.52. The Kier molecular flexibility index (Phi) is 9.41. The summed E-state index contributed by atoms with van der Waals surface area (Å²) in [5, 5.41) is 9.88. The van der Waals surface area contributed by atoms with E-state index in [0.29, 0.717) is 30.7 Å². The lowest BCUT2D eigenvalue weighted by atomic mass is 10.0. The van der Waals surface area contributed by atoms with E-state index < -0.39 is 0 Å². The minimum Gasteiger partial charge on any atom is -0.354 e. The van der Waals surface area contributed by atoms with Crippen LogP contribution in [0, 0.1) is 0 Å². The Labute approximate surface area is 175 Å². The summed E-state index contributed by atoms with van der Waals surface area (Å²) in [6.45, 7) is 8.85. The van der Waals surface area contributed by atoms with Gasteiger partial charge in [-0.2, -0.15) is 0 Å². The van der Waals surface area contributed by atoms with Gasteiger partial charge in [0.05, 0.1) is 0 Å². The number of carbonyl (C=O) groups is 1. The molecular weight excluding hydrogens is 364 g/mol. The monoisotopic (exact) mass is 402 g/mol. The van der Waals surface area contributed by atoms with Crippen molar-refractivity contribution < 1.29 is 4.79 Å².